The maximum Gasteiger partial charge on any atom is 0.138 e. The maximum absolute atomic E-state index is 7.08. The Hall–Kier alpha value is -7.69. The molecule has 2 aliphatic heterocycles. The van der Waals surface area contributed by atoms with Gasteiger partial charge in [0.1, 0.15) is 17.3 Å². The molecule has 58 heavy (non-hydrogen) atoms. The summed E-state index contributed by atoms with van der Waals surface area (Å²) in [6.45, 7) is 0. The van der Waals surface area contributed by atoms with E-state index in [-0.39, 0.29) is 0 Å². The summed E-state index contributed by atoms with van der Waals surface area (Å²) >= 11 is 0. The fourth-order valence-electron chi connectivity index (χ4n) is 9.62. The molecule has 0 unspecified atom stereocenters. The van der Waals surface area contributed by atoms with Crippen LogP contribution < -0.4 is 9.64 Å². The summed E-state index contributed by atoms with van der Waals surface area (Å²) < 4.78 is 9.40. The zero-order valence-electron chi connectivity index (χ0n) is 31.5. The highest BCUT2D eigenvalue weighted by Gasteiger charge is 2.51. The van der Waals surface area contributed by atoms with E-state index in [4.69, 9.17) is 9.72 Å². The highest BCUT2D eigenvalue weighted by molar-refractivity contribution is 6.10. The van der Waals surface area contributed by atoms with E-state index in [1.54, 1.807) is 0 Å². The molecule has 4 heterocycles. The highest BCUT2D eigenvalue weighted by Crippen LogP contribution is 2.63. The number of fused-ring (bicyclic) bond motifs is 11. The number of aromatic nitrogens is 2. The van der Waals surface area contributed by atoms with E-state index < -0.39 is 5.41 Å². The van der Waals surface area contributed by atoms with E-state index in [2.05, 4.69) is 222 Å². The third kappa shape index (κ3) is 4.66. The minimum absolute atomic E-state index is 0.675. The van der Waals surface area contributed by atoms with Gasteiger partial charge in [0.25, 0.3) is 0 Å². The molecule has 272 valence electrons. The van der Waals surface area contributed by atoms with Gasteiger partial charge in [-0.25, -0.2) is 4.98 Å². The number of anilines is 3. The Morgan fingerprint density at radius 1 is 0.397 bits per heavy atom. The van der Waals surface area contributed by atoms with Crippen LogP contribution in [-0.2, 0) is 5.41 Å². The van der Waals surface area contributed by atoms with E-state index in [1.807, 2.05) is 0 Å². The van der Waals surface area contributed by atoms with Gasteiger partial charge in [0.2, 0.25) is 0 Å². The number of pyridine rings is 1. The van der Waals surface area contributed by atoms with Crippen LogP contribution in [0.1, 0.15) is 22.3 Å². The number of rotatable bonds is 4. The lowest BCUT2D eigenvalue weighted by Gasteiger charge is -2.48. The average Bonchev–Trinajstić information content (AvgIpc) is 3.62. The second-order valence-electron chi connectivity index (χ2n) is 15.1. The van der Waals surface area contributed by atoms with Crippen LogP contribution >= 0.6 is 0 Å². The molecule has 0 aliphatic carbocycles. The molecule has 0 fully saturated rings. The molecule has 4 heteroatoms. The van der Waals surface area contributed by atoms with Crippen LogP contribution in [0.4, 0.5) is 17.1 Å². The summed E-state index contributed by atoms with van der Waals surface area (Å²) in [5, 5.41) is 2.30. The standard InChI is InChI=1S/C54H35N3O/c1-4-18-36(19-5-1)38-32-46(37-20-6-2-7-21-37)55-53(33-38)57-47-28-14-10-24-40(47)41-34-45-52(35-50(41)57)58-51-31-17-13-27-44(51)54(45)42-25-11-15-29-48(42)56(39-22-8-3-9-23-39)49-30-16-12-26-43(49)54/h1-35H. The molecule has 2 aromatic heterocycles. The Morgan fingerprint density at radius 2 is 0.983 bits per heavy atom. The first-order chi connectivity index (χ1) is 28.8. The molecule has 0 radical (unpaired) electrons. The van der Waals surface area contributed by atoms with Gasteiger partial charge in [0, 0.05) is 39.2 Å². The van der Waals surface area contributed by atoms with Crippen LogP contribution in [0.15, 0.2) is 212 Å². The van der Waals surface area contributed by atoms with Gasteiger partial charge in [0.05, 0.1) is 33.5 Å². The molecular weight excluding hydrogens is 707 g/mol. The van der Waals surface area contributed by atoms with Crippen LogP contribution in [-0.4, -0.2) is 9.55 Å². The average molecular weight is 742 g/mol. The predicted octanol–water partition coefficient (Wildman–Crippen LogP) is 13.8. The second kappa shape index (κ2) is 12.7. The molecule has 0 saturated carbocycles. The molecule has 10 aromatic rings. The van der Waals surface area contributed by atoms with Gasteiger partial charge in [-0.2, -0.15) is 0 Å². The first-order valence-corrected chi connectivity index (χ1v) is 19.8. The van der Waals surface area contributed by atoms with Crippen molar-refractivity contribution in [3.63, 3.8) is 0 Å². The van der Waals surface area contributed by atoms with Crippen molar-refractivity contribution in [1.82, 2.24) is 9.55 Å². The molecule has 0 atom stereocenters. The number of hydrogen-bond donors (Lipinski definition) is 0. The van der Waals surface area contributed by atoms with E-state index in [0.717, 1.165) is 89.7 Å². The largest absolute Gasteiger partial charge is 0.457 e. The SMILES string of the molecule is c1ccc(-c2cc(-c3ccccc3)nc(-n3c4ccccc4c4cc5c(cc43)Oc3ccccc3C53c4ccccc4N(c4ccccc4)c4ccccc43)c2)cc1. The molecule has 0 N–H and O–H groups in total. The van der Waals surface area contributed by atoms with Crippen molar-refractivity contribution in [3.8, 4) is 39.7 Å². The molecule has 0 bridgehead atoms. The summed E-state index contributed by atoms with van der Waals surface area (Å²) in [6, 6.07) is 75.9. The summed E-state index contributed by atoms with van der Waals surface area (Å²) in [5.41, 5.74) is 13.8. The Labute approximate surface area is 336 Å². The van der Waals surface area contributed by atoms with Gasteiger partial charge >= 0.3 is 0 Å². The second-order valence-corrected chi connectivity index (χ2v) is 15.1. The van der Waals surface area contributed by atoms with Gasteiger partial charge in [-0.05, 0) is 76.9 Å². The summed E-state index contributed by atoms with van der Waals surface area (Å²) in [6.07, 6.45) is 0. The molecule has 1 spiro atoms. The third-order valence-electron chi connectivity index (χ3n) is 12.0. The number of hydrogen-bond acceptors (Lipinski definition) is 3. The zero-order valence-corrected chi connectivity index (χ0v) is 31.5. The predicted molar refractivity (Wildman–Crippen MR) is 236 cm³/mol. The van der Waals surface area contributed by atoms with Crippen LogP contribution in [0, 0.1) is 0 Å². The van der Waals surface area contributed by atoms with E-state index >= 15 is 0 Å². The van der Waals surface area contributed by atoms with Gasteiger partial charge in [0.15, 0.2) is 0 Å². The molecule has 12 rings (SSSR count). The van der Waals surface area contributed by atoms with Crippen molar-refractivity contribution in [3.05, 3.63) is 235 Å². The fourth-order valence-corrected chi connectivity index (χ4v) is 9.62. The molecule has 0 saturated heterocycles. The highest BCUT2D eigenvalue weighted by atomic mass is 16.5. The Kier molecular flexibility index (Phi) is 7.11. The lowest BCUT2D eigenvalue weighted by Crippen LogP contribution is -2.39. The van der Waals surface area contributed by atoms with Crippen molar-refractivity contribution in [2.24, 2.45) is 0 Å². The molecular formula is C54H35N3O. The van der Waals surface area contributed by atoms with Crippen molar-refractivity contribution >= 4 is 38.9 Å². The topological polar surface area (TPSA) is 30.3 Å². The lowest BCUT2D eigenvalue weighted by molar-refractivity contribution is 0.435. The molecule has 0 amide bonds. The smallest absolute Gasteiger partial charge is 0.138 e. The van der Waals surface area contributed by atoms with Crippen LogP contribution in [0.5, 0.6) is 11.5 Å². The molecule has 8 aromatic carbocycles. The van der Waals surface area contributed by atoms with Crippen LogP contribution in [0.25, 0.3) is 50.0 Å². The summed E-state index contributed by atoms with van der Waals surface area (Å²) in [5.74, 6) is 2.53. The van der Waals surface area contributed by atoms with E-state index in [0.29, 0.717) is 0 Å². The minimum atomic E-state index is -0.675. The Balaban J connectivity index is 1.18. The van der Waals surface area contributed by atoms with Crippen LogP contribution in [0.2, 0.25) is 0 Å². The van der Waals surface area contributed by atoms with Crippen molar-refractivity contribution in [2.75, 3.05) is 4.90 Å². The van der Waals surface area contributed by atoms with E-state index in [1.165, 1.54) is 11.1 Å². The maximum atomic E-state index is 7.08. The Bertz CT molecular complexity index is 3100. The van der Waals surface area contributed by atoms with Crippen LogP contribution in [0.3, 0.4) is 0 Å². The minimum Gasteiger partial charge on any atom is -0.457 e. The number of para-hydroxylation sites is 5. The number of nitrogens with zero attached hydrogens (tertiary/aromatic N) is 3. The molecule has 4 nitrogen and oxygen atoms in total. The van der Waals surface area contributed by atoms with Gasteiger partial charge < -0.3 is 9.64 Å². The van der Waals surface area contributed by atoms with Crippen molar-refractivity contribution < 1.29 is 4.74 Å². The summed E-state index contributed by atoms with van der Waals surface area (Å²) in [7, 11) is 0. The molecule has 2 aliphatic rings. The number of benzene rings is 8. The zero-order chi connectivity index (χ0) is 38.2. The summed E-state index contributed by atoms with van der Waals surface area (Å²) in [4.78, 5) is 7.83. The third-order valence-corrected chi connectivity index (χ3v) is 12.0. The van der Waals surface area contributed by atoms with Crippen molar-refractivity contribution in [1.29, 1.82) is 0 Å². The first-order valence-electron chi connectivity index (χ1n) is 19.8. The van der Waals surface area contributed by atoms with Gasteiger partial charge in [-0.15, -0.1) is 0 Å². The quantitative estimate of drug-likeness (QED) is 0.180. The Morgan fingerprint density at radius 3 is 1.71 bits per heavy atom. The van der Waals surface area contributed by atoms with Gasteiger partial charge in [-0.1, -0.05) is 152 Å². The fraction of sp³-hybridized carbons (Fsp3) is 0.0185. The van der Waals surface area contributed by atoms with Gasteiger partial charge in [-0.3, -0.25) is 4.57 Å². The number of ether oxygens (including phenoxy) is 1. The first kappa shape index (κ1) is 32.5. The lowest BCUT2D eigenvalue weighted by atomic mass is 9.61. The van der Waals surface area contributed by atoms with Crippen molar-refractivity contribution in [2.45, 2.75) is 5.41 Å². The normalized spacial score (nSPS) is 13.4. The monoisotopic (exact) mass is 741 g/mol. The van der Waals surface area contributed by atoms with E-state index in [9.17, 15) is 0 Å².